The molecule has 0 aliphatic carbocycles. The molecule has 2 heterocycles. The number of nitrogens with one attached hydrogen (secondary N) is 3. The summed E-state index contributed by atoms with van der Waals surface area (Å²) in [6, 6.07) is 5.57. The van der Waals surface area contributed by atoms with Crippen molar-refractivity contribution < 1.29 is 14.3 Å². The number of imidazole rings is 1. The number of hydrogen-bond donors (Lipinski definition) is 4. The van der Waals surface area contributed by atoms with Gasteiger partial charge in [0.15, 0.2) is 23.2 Å². The molecular formula is C24H37N7O3S. The number of carbonyl (C=O) groups excluding carboxylic acids is 1. The van der Waals surface area contributed by atoms with Gasteiger partial charge < -0.3 is 40.6 Å². The maximum absolute atomic E-state index is 12.4. The smallest absolute Gasteiger partial charge is 0.258 e. The number of nitrogens with zero attached hydrogens (tertiary/aromatic N) is 3. The summed E-state index contributed by atoms with van der Waals surface area (Å²) in [6.45, 7) is 7.05. The highest BCUT2D eigenvalue weighted by molar-refractivity contribution is 7.80. The molecule has 1 aromatic heterocycles. The van der Waals surface area contributed by atoms with E-state index < -0.39 is 0 Å². The molecule has 0 spiro atoms. The highest BCUT2D eigenvalue weighted by Crippen LogP contribution is 2.30. The average Bonchev–Trinajstić information content (AvgIpc) is 3.26. The van der Waals surface area contributed by atoms with E-state index in [2.05, 4.69) is 30.4 Å². The third kappa shape index (κ3) is 8.68. The summed E-state index contributed by atoms with van der Waals surface area (Å²) < 4.78 is 13.3. The summed E-state index contributed by atoms with van der Waals surface area (Å²) in [5, 5.41) is 9.95. The van der Waals surface area contributed by atoms with Gasteiger partial charge in [-0.15, -0.1) is 0 Å². The Hall–Kier alpha value is -2.89. The normalized spacial score (nSPS) is 14.4. The van der Waals surface area contributed by atoms with Gasteiger partial charge in [0.05, 0.1) is 13.4 Å². The summed E-state index contributed by atoms with van der Waals surface area (Å²) in [5.41, 5.74) is 7.53. The first-order valence-electron chi connectivity index (χ1n) is 12.0. The molecular weight excluding hydrogens is 466 g/mol. The van der Waals surface area contributed by atoms with Crippen molar-refractivity contribution >= 4 is 28.9 Å². The van der Waals surface area contributed by atoms with Crippen LogP contribution in [0.5, 0.6) is 11.5 Å². The van der Waals surface area contributed by atoms with Crippen molar-refractivity contribution in [3.05, 3.63) is 36.4 Å². The minimum absolute atomic E-state index is 0.0670. The van der Waals surface area contributed by atoms with Gasteiger partial charge in [-0.1, -0.05) is 0 Å². The summed E-state index contributed by atoms with van der Waals surface area (Å²) in [5.74, 6) is 0.889. The van der Waals surface area contributed by atoms with E-state index in [-0.39, 0.29) is 18.6 Å². The first kappa shape index (κ1) is 26.7. The Balaban J connectivity index is 1.39. The Bertz CT molecular complexity index is 960. The number of hydrogen-bond acceptors (Lipinski definition) is 7. The van der Waals surface area contributed by atoms with Crippen LogP contribution in [0.25, 0.3) is 0 Å². The van der Waals surface area contributed by atoms with E-state index in [1.165, 1.54) is 0 Å². The van der Waals surface area contributed by atoms with Crippen molar-refractivity contribution in [2.24, 2.45) is 5.73 Å². The number of thiocarbonyl (C=S) groups is 1. The Morgan fingerprint density at radius 3 is 2.74 bits per heavy atom. The van der Waals surface area contributed by atoms with Gasteiger partial charge in [-0.3, -0.25) is 4.79 Å². The quantitative estimate of drug-likeness (QED) is 0.252. The second-order valence-electron chi connectivity index (χ2n) is 8.59. The first-order valence-corrected chi connectivity index (χ1v) is 12.4. The van der Waals surface area contributed by atoms with E-state index in [9.17, 15) is 4.79 Å². The number of aryl methyl sites for hydroxylation is 2. The van der Waals surface area contributed by atoms with Gasteiger partial charge in [0.2, 0.25) is 0 Å². The molecule has 0 saturated carbocycles. The van der Waals surface area contributed by atoms with Crippen LogP contribution >= 0.6 is 12.2 Å². The summed E-state index contributed by atoms with van der Waals surface area (Å²) in [4.78, 5) is 18.8. The molecule has 1 aliphatic rings. The number of methoxy groups -OCH3 is 1. The number of anilines is 1. The third-order valence-electron chi connectivity index (χ3n) is 5.96. The summed E-state index contributed by atoms with van der Waals surface area (Å²) in [7, 11) is 1.57. The Morgan fingerprint density at radius 2 is 2.06 bits per heavy atom. The van der Waals surface area contributed by atoms with Gasteiger partial charge in [-0.05, 0) is 50.5 Å². The van der Waals surface area contributed by atoms with Crippen molar-refractivity contribution in [2.45, 2.75) is 38.8 Å². The molecule has 3 rings (SSSR count). The van der Waals surface area contributed by atoms with Crippen LogP contribution in [0.15, 0.2) is 30.7 Å². The number of likely N-dealkylation sites (tertiary alicyclic amines) is 1. The number of nitrogens with two attached hydrogens (primary N) is 1. The molecule has 0 radical (unpaired) electrons. The highest BCUT2D eigenvalue weighted by atomic mass is 32.1. The van der Waals surface area contributed by atoms with Crippen LogP contribution in [0.3, 0.4) is 0 Å². The SMILES string of the molecule is COc1cc(NC(=S)NCCCn2cncc2C)ccc1OCC(=O)NC1CCN(CCN)CC1. The molecule has 5 N–H and O–H groups in total. The largest absolute Gasteiger partial charge is 0.493 e. The number of aromatic nitrogens is 2. The van der Waals surface area contributed by atoms with Gasteiger partial charge >= 0.3 is 0 Å². The Labute approximate surface area is 212 Å². The molecule has 192 valence electrons. The molecule has 11 heteroatoms. The second kappa shape index (κ2) is 13.9. The van der Waals surface area contributed by atoms with Crippen molar-refractivity contribution in [2.75, 3.05) is 51.8 Å². The molecule has 1 aromatic carbocycles. The van der Waals surface area contributed by atoms with E-state index in [4.69, 9.17) is 27.4 Å². The van der Waals surface area contributed by atoms with Gasteiger partial charge in [0.25, 0.3) is 5.91 Å². The van der Waals surface area contributed by atoms with E-state index in [0.717, 1.165) is 63.4 Å². The van der Waals surface area contributed by atoms with Crippen molar-refractivity contribution in [3.63, 3.8) is 0 Å². The fraction of sp³-hybridized carbons (Fsp3) is 0.542. The summed E-state index contributed by atoms with van der Waals surface area (Å²) >= 11 is 5.40. The first-order chi connectivity index (χ1) is 17.0. The topological polar surface area (TPSA) is 119 Å². The van der Waals surface area contributed by atoms with Crippen LogP contribution in [0, 0.1) is 6.92 Å². The molecule has 0 atom stereocenters. The van der Waals surface area contributed by atoms with Gasteiger partial charge in [-0.25, -0.2) is 4.98 Å². The zero-order chi connectivity index (χ0) is 25.0. The minimum Gasteiger partial charge on any atom is -0.493 e. The lowest BCUT2D eigenvalue weighted by molar-refractivity contribution is -0.124. The number of carbonyl (C=O) groups is 1. The zero-order valence-electron chi connectivity index (χ0n) is 20.6. The molecule has 10 nitrogen and oxygen atoms in total. The lowest BCUT2D eigenvalue weighted by Gasteiger charge is -2.31. The lowest BCUT2D eigenvalue weighted by atomic mass is 10.1. The van der Waals surface area contributed by atoms with Gasteiger partial charge in [-0.2, -0.15) is 0 Å². The van der Waals surface area contributed by atoms with Crippen molar-refractivity contribution in [1.29, 1.82) is 0 Å². The van der Waals surface area contributed by atoms with E-state index in [1.54, 1.807) is 19.2 Å². The standard InChI is InChI=1S/C24H37N7O3S/c1-18-15-26-17-31(18)10-3-9-27-24(35)29-20-4-5-21(22(14-20)33-2)34-16-23(32)28-19-6-11-30(12-7-19)13-8-25/h4-5,14-15,17,19H,3,6-13,16,25H2,1-2H3,(H,28,32)(H2,27,29,35). The Kier molecular flexibility index (Phi) is 10.6. The zero-order valence-corrected chi connectivity index (χ0v) is 21.4. The Morgan fingerprint density at radius 1 is 1.26 bits per heavy atom. The van der Waals surface area contributed by atoms with Gasteiger partial charge in [0.1, 0.15) is 0 Å². The molecule has 1 fully saturated rings. The molecule has 1 saturated heterocycles. The maximum atomic E-state index is 12.4. The van der Waals surface area contributed by atoms with Crippen molar-refractivity contribution in [1.82, 2.24) is 25.1 Å². The molecule has 2 aromatic rings. The van der Waals surface area contributed by atoms with Crippen LogP contribution in [0.2, 0.25) is 0 Å². The number of amides is 1. The maximum Gasteiger partial charge on any atom is 0.258 e. The molecule has 1 aliphatic heterocycles. The van der Waals surface area contributed by atoms with Crippen molar-refractivity contribution in [3.8, 4) is 11.5 Å². The van der Waals surface area contributed by atoms with Crippen LogP contribution < -0.4 is 31.2 Å². The highest BCUT2D eigenvalue weighted by Gasteiger charge is 2.20. The fourth-order valence-electron chi connectivity index (χ4n) is 4.01. The average molecular weight is 504 g/mol. The van der Waals surface area contributed by atoms with Crippen LogP contribution in [0.4, 0.5) is 5.69 Å². The predicted octanol–water partition coefficient (Wildman–Crippen LogP) is 1.49. The fourth-order valence-corrected chi connectivity index (χ4v) is 4.23. The molecule has 1 amide bonds. The number of piperidine rings is 1. The minimum atomic E-state index is -0.136. The van der Waals surface area contributed by atoms with E-state index in [1.807, 2.05) is 25.5 Å². The second-order valence-corrected chi connectivity index (χ2v) is 9.00. The van der Waals surface area contributed by atoms with Crippen LogP contribution in [-0.2, 0) is 11.3 Å². The number of benzene rings is 1. The number of ether oxygens (including phenoxy) is 2. The molecule has 0 unspecified atom stereocenters. The lowest BCUT2D eigenvalue weighted by Crippen LogP contribution is -2.46. The monoisotopic (exact) mass is 503 g/mol. The summed E-state index contributed by atoms with van der Waals surface area (Å²) in [6.07, 6.45) is 6.45. The van der Waals surface area contributed by atoms with Crippen LogP contribution in [0.1, 0.15) is 25.0 Å². The van der Waals surface area contributed by atoms with Crippen LogP contribution in [-0.4, -0.2) is 78.0 Å². The molecule has 35 heavy (non-hydrogen) atoms. The van der Waals surface area contributed by atoms with E-state index in [0.29, 0.717) is 23.2 Å². The van der Waals surface area contributed by atoms with Gasteiger partial charge in [0, 0.05) is 69.0 Å². The van der Waals surface area contributed by atoms with E-state index >= 15 is 0 Å². The number of rotatable bonds is 12. The predicted molar refractivity (Wildman–Crippen MR) is 141 cm³/mol. The molecule has 0 bridgehead atoms. The third-order valence-corrected chi connectivity index (χ3v) is 6.21.